The Bertz CT molecular complexity index is 1270. The molecule has 0 aliphatic carbocycles. The minimum Gasteiger partial charge on any atom is -0.479 e. The number of nitrogens with one attached hydrogen (secondary N) is 1. The highest BCUT2D eigenvalue weighted by Crippen LogP contribution is 2.41. The van der Waals surface area contributed by atoms with E-state index in [9.17, 15) is 9.59 Å². The minimum atomic E-state index is -1.15. The molecule has 0 radical (unpaired) electrons. The van der Waals surface area contributed by atoms with Crippen molar-refractivity contribution in [2.24, 2.45) is 0 Å². The lowest BCUT2D eigenvalue weighted by atomic mass is 10.1. The van der Waals surface area contributed by atoms with Gasteiger partial charge in [0.2, 0.25) is 17.5 Å². The van der Waals surface area contributed by atoms with Crippen LogP contribution in [0.3, 0.4) is 0 Å². The number of aromatic nitrogens is 2. The van der Waals surface area contributed by atoms with Gasteiger partial charge >= 0.3 is 6.03 Å². The number of fused-ring (bicyclic) bond motifs is 1. The van der Waals surface area contributed by atoms with Crippen LogP contribution in [0.4, 0.5) is 30.6 Å². The van der Waals surface area contributed by atoms with Crippen molar-refractivity contribution in [2.45, 2.75) is 13.1 Å². The Kier molecular flexibility index (Phi) is 6.58. The standard InChI is InChI=1S/C24H21F2N5O4/c1-4-18(32)28-12-15-10-17-14(11-27-15)13-30(24(33)31(17)16-8-6-5-7-9-16)21-19(25)22(34-2)29-23(35-3)20(21)26/h4-11H,1,12-13H2,2-3H3,(H,28,32). The Morgan fingerprint density at radius 2 is 1.83 bits per heavy atom. The van der Waals surface area contributed by atoms with Crippen LogP contribution in [0.1, 0.15) is 11.3 Å². The van der Waals surface area contributed by atoms with Gasteiger partial charge in [-0.3, -0.25) is 19.6 Å². The molecule has 1 aromatic carbocycles. The van der Waals surface area contributed by atoms with Gasteiger partial charge in [0.15, 0.2) is 0 Å². The van der Waals surface area contributed by atoms with Crippen LogP contribution in [0.5, 0.6) is 11.8 Å². The molecule has 0 saturated carbocycles. The highest BCUT2D eigenvalue weighted by molar-refractivity contribution is 6.11. The van der Waals surface area contributed by atoms with Crippen molar-refractivity contribution in [3.63, 3.8) is 0 Å². The third-order valence-electron chi connectivity index (χ3n) is 5.30. The van der Waals surface area contributed by atoms with Crippen LogP contribution in [0, 0.1) is 11.6 Å². The lowest BCUT2D eigenvalue weighted by molar-refractivity contribution is -0.116. The molecule has 1 N–H and O–H groups in total. The fourth-order valence-corrected chi connectivity index (χ4v) is 3.65. The summed E-state index contributed by atoms with van der Waals surface area (Å²) in [6.07, 6.45) is 2.63. The van der Waals surface area contributed by atoms with Crippen LogP contribution in [-0.2, 0) is 17.9 Å². The van der Waals surface area contributed by atoms with Crippen LogP contribution in [0.25, 0.3) is 0 Å². The predicted molar refractivity (Wildman–Crippen MR) is 124 cm³/mol. The molecule has 35 heavy (non-hydrogen) atoms. The maximum atomic E-state index is 15.2. The molecule has 3 aromatic rings. The molecule has 0 bridgehead atoms. The van der Waals surface area contributed by atoms with E-state index < -0.39 is 35.1 Å². The monoisotopic (exact) mass is 481 g/mol. The first-order chi connectivity index (χ1) is 16.9. The van der Waals surface area contributed by atoms with E-state index in [4.69, 9.17) is 9.47 Å². The molecule has 0 saturated heterocycles. The van der Waals surface area contributed by atoms with Gasteiger partial charge in [0.05, 0.1) is 44.4 Å². The lowest BCUT2D eigenvalue weighted by Crippen LogP contribution is -2.46. The van der Waals surface area contributed by atoms with Gasteiger partial charge in [0.1, 0.15) is 5.69 Å². The summed E-state index contributed by atoms with van der Waals surface area (Å²) in [5.41, 5.74) is 1.26. The van der Waals surface area contributed by atoms with Crippen molar-refractivity contribution in [1.29, 1.82) is 0 Å². The Labute approximate surface area is 199 Å². The van der Waals surface area contributed by atoms with Crippen LogP contribution >= 0.6 is 0 Å². The van der Waals surface area contributed by atoms with Crippen molar-refractivity contribution in [1.82, 2.24) is 15.3 Å². The molecule has 9 nitrogen and oxygen atoms in total. The van der Waals surface area contributed by atoms with Gasteiger partial charge in [-0.1, -0.05) is 24.8 Å². The average molecular weight is 481 g/mol. The zero-order valence-electron chi connectivity index (χ0n) is 18.9. The SMILES string of the molecule is C=CC(=O)NCc1cc2c(cn1)CN(c1c(F)c(OC)nc(OC)c1F)C(=O)N2c1ccccc1. The number of ether oxygens (including phenoxy) is 2. The summed E-state index contributed by atoms with van der Waals surface area (Å²) >= 11 is 0. The average Bonchev–Trinajstić information content (AvgIpc) is 2.88. The van der Waals surface area contributed by atoms with E-state index in [-0.39, 0.29) is 19.0 Å². The largest absolute Gasteiger partial charge is 0.479 e. The van der Waals surface area contributed by atoms with Crippen molar-refractivity contribution in [2.75, 3.05) is 24.0 Å². The summed E-state index contributed by atoms with van der Waals surface area (Å²) < 4.78 is 40.3. The first-order valence-corrected chi connectivity index (χ1v) is 10.4. The van der Waals surface area contributed by atoms with Gasteiger partial charge in [-0.05, 0) is 24.3 Å². The van der Waals surface area contributed by atoms with Gasteiger partial charge in [-0.2, -0.15) is 13.8 Å². The topological polar surface area (TPSA) is 96.9 Å². The molecule has 11 heteroatoms. The van der Waals surface area contributed by atoms with Crippen molar-refractivity contribution < 1.29 is 27.8 Å². The predicted octanol–water partition coefficient (Wildman–Crippen LogP) is 3.85. The number of amides is 3. The normalized spacial score (nSPS) is 12.7. The zero-order chi connectivity index (χ0) is 25.1. The van der Waals surface area contributed by atoms with E-state index in [2.05, 4.69) is 21.9 Å². The molecule has 0 spiro atoms. The Hall–Kier alpha value is -4.54. The van der Waals surface area contributed by atoms with Crippen LogP contribution in [0.15, 0.2) is 55.3 Å². The second-order valence-corrected chi connectivity index (χ2v) is 7.37. The molecule has 0 unspecified atom stereocenters. The van der Waals surface area contributed by atoms with Crippen molar-refractivity contribution in [3.05, 3.63) is 78.1 Å². The number of carbonyl (C=O) groups excluding carboxylic acids is 2. The summed E-state index contributed by atoms with van der Waals surface area (Å²) in [5, 5.41) is 2.63. The maximum Gasteiger partial charge on any atom is 0.334 e. The molecule has 0 atom stereocenters. The number of benzene rings is 1. The molecule has 1 aliphatic rings. The van der Waals surface area contributed by atoms with Crippen molar-refractivity contribution in [3.8, 4) is 11.8 Å². The van der Waals surface area contributed by atoms with Crippen molar-refractivity contribution >= 4 is 29.0 Å². The Morgan fingerprint density at radius 1 is 1.17 bits per heavy atom. The summed E-state index contributed by atoms with van der Waals surface area (Å²) in [6, 6.07) is 9.53. The number of halogens is 2. The number of anilines is 3. The number of methoxy groups -OCH3 is 2. The van der Waals surface area contributed by atoms with Gasteiger partial charge in [-0.15, -0.1) is 0 Å². The summed E-state index contributed by atoms with van der Waals surface area (Å²) in [4.78, 5) is 35.5. The van der Waals surface area contributed by atoms with Gasteiger partial charge in [0.25, 0.3) is 11.8 Å². The number of nitrogens with zero attached hydrogens (tertiary/aromatic N) is 4. The Morgan fingerprint density at radius 3 is 2.43 bits per heavy atom. The van der Waals surface area contributed by atoms with Gasteiger partial charge in [0, 0.05) is 11.8 Å². The first kappa shape index (κ1) is 23.6. The Balaban J connectivity index is 1.85. The molecule has 4 rings (SSSR count). The highest BCUT2D eigenvalue weighted by Gasteiger charge is 2.38. The highest BCUT2D eigenvalue weighted by atomic mass is 19.1. The third-order valence-corrected chi connectivity index (χ3v) is 5.30. The molecule has 2 aromatic heterocycles. The minimum absolute atomic E-state index is 0.0979. The molecular weight excluding hydrogens is 460 g/mol. The number of carbonyl (C=O) groups is 2. The molecule has 3 amide bonds. The molecular formula is C24H21F2N5O4. The first-order valence-electron chi connectivity index (χ1n) is 10.4. The summed E-state index contributed by atoms with van der Waals surface area (Å²) in [6.45, 7) is 3.32. The lowest BCUT2D eigenvalue weighted by Gasteiger charge is -2.37. The zero-order valence-corrected chi connectivity index (χ0v) is 18.9. The maximum absolute atomic E-state index is 15.2. The number of para-hydroxylation sites is 1. The number of hydrogen-bond acceptors (Lipinski definition) is 6. The molecule has 180 valence electrons. The fraction of sp³-hybridized carbons (Fsp3) is 0.167. The van der Waals surface area contributed by atoms with Crippen LogP contribution in [0.2, 0.25) is 0 Å². The third kappa shape index (κ3) is 4.35. The fourth-order valence-electron chi connectivity index (χ4n) is 3.65. The second-order valence-electron chi connectivity index (χ2n) is 7.37. The smallest absolute Gasteiger partial charge is 0.334 e. The van der Waals surface area contributed by atoms with E-state index in [1.54, 1.807) is 36.4 Å². The van der Waals surface area contributed by atoms with Gasteiger partial charge < -0.3 is 14.8 Å². The van der Waals surface area contributed by atoms with E-state index in [1.807, 2.05) is 0 Å². The van der Waals surface area contributed by atoms with E-state index >= 15 is 8.78 Å². The van der Waals surface area contributed by atoms with Crippen LogP contribution in [-0.4, -0.2) is 36.1 Å². The van der Waals surface area contributed by atoms with E-state index in [0.29, 0.717) is 22.6 Å². The summed E-state index contributed by atoms with van der Waals surface area (Å²) in [5.74, 6) is -3.71. The molecule has 0 fully saturated rings. The number of urea groups is 1. The number of rotatable bonds is 7. The van der Waals surface area contributed by atoms with Crippen LogP contribution < -0.4 is 24.6 Å². The van der Waals surface area contributed by atoms with E-state index in [0.717, 1.165) is 11.0 Å². The second kappa shape index (κ2) is 9.75. The van der Waals surface area contributed by atoms with Gasteiger partial charge in [-0.25, -0.2) is 4.79 Å². The molecule has 1 aliphatic heterocycles. The number of pyridine rings is 2. The quantitative estimate of drug-likeness (QED) is 0.515. The van der Waals surface area contributed by atoms with E-state index in [1.165, 1.54) is 25.3 Å². The molecule has 3 heterocycles. The summed E-state index contributed by atoms with van der Waals surface area (Å²) in [7, 11) is 2.35. The number of hydrogen-bond donors (Lipinski definition) is 1.